The van der Waals surface area contributed by atoms with Crippen molar-refractivity contribution in [3.05, 3.63) is 0 Å². The molecule has 0 heterocycles. The van der Waals surface area contributed by atoms with Crippen LogP contribution in [0.15, 0.2) is 0 Å². The molecule has 0 aromatic carbocycles. The molecule has 0 bridgehead atoms. The highest BCUT2D eigenvalue weighted by molar-refractivity contribution is 4.86. The second-order valence-electron chi connectivity index (χ2n) is 3.85. The average Bonchev–Trinajstić information content (AvgIpc) is 2.12. The lowest BCUT2D eigenvalue weighted by Gasteiger charge is -2.33. The van der Waals surface area contributed by atoms with Crippen molar-refractivity contribution in [1.29, 1.82) is 0 Å². The van der Waals surface area contributed by atoms with E-state index in [4.69, 9.17) is 0 Å². The lowest BCUT2D eigenvalue weighted by atomic mass is 9.74. The molecule has 0 spiro atoms. The van der Waals surface area contributed by atoms with E-state index in [1.807, 2.05) is 0 Å². The highest BCUT2D eigenvalue weighted by atomic mass is 16.3. The van der Waals surface area contributed by atoms with Crippen LogP contribution in [0.1, 0.15) is 38.5 Å². The summed E-state index contributed by atoms with van der Waals surface area (Å²) in [5, 5.41) is 9.52. The Hall–Kier alpha value is -0.0400. The second-order valence-corrected chi connectivity index (χ2v) is 3.85. The van der Waals surface area contributed by atoms with Gasteiger partial charge in [0.25, 0.3) is 0 Å². The van der Waals surface area contributed by atoms with Gasteiger partial charge in [-0.1, -0.05) is 25.7 Å². The molecule has 0 aromatic heterocycles. The summed E-state index contributed by atoms with van der Waals surface area (Å²) in [7, 11) is 0. The molecule has 2 fully saturated rings. The zero-order valence-electron chi connectivity index (χ0n) is 6.42. The van der Waals surface area contributed by atoms with Crippen LogP contribution < -0.4 is 0 Å². The van der Waals surface area contributed by atoms with Crippen LogP contribution in [0, 0.1) is 11.8 Å². The Balaban J connectivity index is 1.90. The van der Waals surface area contributed by atoms with Crippen molar-refractivity contribution < 1.29 is 5.11 Å². The van der Waals surface area contributed by atoms with Gasteiger partial charge in [0, 0.05) is 0 Å². The summed E-state index contributed by atoms with van der Waals surface area (Å²) in [5.74, 6) is 1.59. The Labute approximate surface area is 62.4 Å². The molecule has 2 rings (SSSR count). The van der Waals surface area contributed by atoms with E-state index in [9.17, 15) is 5.11 Å². The smallest absolute Gasteiger partial charge is 0.0571 e. The van der Waals surface area contributed by atoms with E-state index in [0.717, 1.165) is 12.3 Å². The Bertz CT molecular complexity index is 118. The summed E-state index contributed by atoms with van der Waals surface area (Å²) in [4.78, 5) is 0. The fraction of sp³-hybridized carbons (Fsp3) is 1.00. The molecule has 2 aliphatic carbocycles. The second kappa shape index (κ2) is 2.54. The number of rotatable bonds is 1. The van der Waals surface area contributed by atoms with Crippen LogP contribution in [-0.2, 0) is 0 Å². The normalized spacial score (nSPS) is 41.7. The maximum atomic E-state index is 9.52. The van der Waals surface area contributed by atoms with Crippen molar-refractivity contribution >= 4 is 0 Å². The highest BCUT2D eigenvalue weighted by Gasteiger charge is 2.35. The molecule has 0 aliphatic heterocycles. The zero-order chi connectivity index (χ0) is 6.97. The SMILES string of the molecule is O[C@@H]1CCC[C@H]1C1CCC1. The molecule has 2 atom stereocenters. The lowest BCUT2D eigenvalue weighted by Crippen LogP contribution is -2.27. The number of hydrogen-bond acceptors (Lipinski definition) is 1. The van der Waals surface area contributed by atoms with E-state index in [2.05, 4.69) is 0 Å². The standard InChI is InChI=1S/C9H16O/c10-9-6-2-5-8(9)7-3-1-4-7/h7-10H,1-6H2/t8-,9+/m0/s1. The third-order valence-electron chi connectivity index (χ3n) is 3.29. The predicted octanol–water partition coefficient (Wildman–Crippen LogP) is 1.95. The molecule has 1 nitrogen and oxygen atoms in total. The van der Waals surface area contributed by atoms with Gasteiger partial charge in [-0.3, -0.25) is 0 Å². The quantitative estimate of drug-likeness (QED) is 0.590. The van der Waals surface area contributed by atoms with Crippen molar-refractivity contribution in [2.75, 3.05) is 0 Å². The first-order valence-corrected chi connectivity index (χ1v) is 4.56. The Morgan fingerprint density at radius 2 is 1.60 bits per heavy atom. The molecule has 2 aliphatic rings. The van der Waals surface area contributed by atoms with Crippen LogP contribution in [0.2, 0.25) is 0 Å². The summed E-state index contributed by atoms with van der Waals surface area (Å²) in [6.07, 6.45) is 7.89. The minimum Gasteiger partial charge on any atom is -0.393 e. The fourth-order valence-electron chi connectivity index (χ4n) is 2.39. The van der Waals surface area contributed by atoms with Gasteiger partial charge in [0.05, 0.1) is 6.10 Å². The maximum absolute atomic E-state index is 9.52. The van der Waals surface area contributed by atoms with Gasteiger partial charge < -0.3 is 5.11 Å². The lowest BCUT2D eigenvalue weighted by molar-refractivity contribution is 0.0673. The molecular weight excluding hydrogens is 124 g/mol. The molecular formula is C9H16O. The summed E-state index contributed by atoms with van der Waals surface area (Å²) < 4.78 is 0. The van der Waals surface area contributed by atoms with E-state index in [-0.39, 0.29) is 6.10 Å². The van der Waals surface area contributed by atoms with Crippen molar-refractivity contribution in [3.63, 3.8) is 0 Å². The molecule has 58 valence electrons. The maximum Gasteiger partial charge on any atom is 0.0571 e. The van der Waals surface area contributed by atoms with Gasteiger partial charge in [-0.25, -0.2) is 0 Å². The van der Waals surface area contributed by atoms with Gasteiger partial charge in [-0.15, -0.1) is 0 Å². The molecule has 0 radical (unpaired) electrons. The number of hydrogen-bond donors (Lipinski definition) is 1. The molecule has 1 heteroatoms. The Morgan fingerprint density at radius 3 is 2.00 bits per heavy atom. The van der Waals surface area contributed by atoms with Crippen molar-refractivity contribution in [2.45, 2.75) is 44.6 Å². The van der Waals surface area contributed by atoms with Crippen molar-refractivity contribution in [2.24, 2.45) is 11.8 Å². The largest absolute Gasteiger partial charge is 0.393 e. The Morgan fingerprint density at radius 1 is 0.900 bits per heavy atom. The molecule has 1 N–H and O–H groups in total. The van der Waals surface area contributed by atoms with Gasteiger partial charge in [-0.05, 0) is 24.7 Å². The molecule has 0 aromatic rings. The molecule has 10 heavy (non-hydrogen) atoms. The zero-order valence-corrected chi connectivity index (χ0v) is 6.42. The van der Waals surface area contributed by atoms with E-state index in [1.54, 1.807) is 0 Å². The van der Waals surface area contributed by atoms with Crippen LogP contribution in [0.3, 0.4) is 0 Å². The predicted molar refractivity (Wildman–Crippen MR) is 40.7 cm³/mol. The minimum absolute atomic E-state index is 0.0605. The number of aliphatic hydroxyl groups is 1. The third kappa shape index (κ3) is 0.968. The first kappa shape index (κ1) is 6.66. The molecule has 0 saturated heterocycles. The van der Waals surface area contributed by atoms with Gasteiger partial charge in [0.1, 0.15) is 0 Å². The van der Waals surface area contributed by atoms with Gasteiger partial charge in [0.15, 0.2) is 0 Å². The minimum atomic E-state index is 0.0605. The fourth-order valence-corrected chi connectivity index (χ4v) is 2.39. The van der Waals surface area contributed by atoms with E-state index >= 15 is 0 Å². The molecule has 0 amide bonds. The van der Waals surface area contributed by atoms with Crippen molar-refractivity contribution in [1.82, 2.24) is 0 Å². The van der Waals surface area contributed by atoms with Gasteiger partial charge >= 0.3 is 0 Å². The third-order valence-corrected chi connectivity index (χ3v) is 3.29. The van der Waals surface area contributed by atoms with E-state index in [0.29, 0.717) is 5.92 Å². The summed E-state index contributed by atoms with van der Waals surface area (Å²) in [5.41, 5.74) is 0. The van der Waals surface area contributed by atoms with Crippen LogP contribution in [0.5, 0.6) is 0 Å². The molecule has 0 unspecified atom stereocenters. The summed E-state index contributed by atoms with van der Waals surface area (Å²) >= 11 is 0. The summed E-state index contributed by atoms with van der Waals surface area (Å²) in [6, 6.07) is 0. The number of aliphatic hydroxyl groups excluding tert-OH is 1. The van der Waals surface area contributed by atoms with Crippen LogP contribution in [0.4, 0.5) is 0 Å². The first-order chi connectivity index (χ1) is 4.88. The van der Waals surface area contributed by atoms with Crippen LogP contribution in [0.25, 0.3) is 0 Å². The highest BCUT2D eigenvalue weighted by Crippen LogP contribution is 2.41. The van der Waals surface area contributed by atoms with E-state index < -0.39 is 0 Å². The Kier molecular flexibility index (Phi) is 1.69. The van der Waals surface area contributed by atoms with Crippen molar-refractivity contribution in [3.8, 4) is 0 Å². The van der Waals surface area contributed by atoms with Gasteiger partial charge in [-0.2, -0.15) is 0 Å². The monoisotopic (exact) mass is 140 g/mol. The van der Waals surface area contributed by atoms with Crippen LogP contribution in [-0.4, -0.2) is 11.2 Å². The first-order valence-electron chi connectivity index (χ1n) is 4.56. The van der Waals surface area contributed by atoms with Gasteiger partial charge in [0.2, 0.25) is 0 Å². The topological polar surface area (TPSA) is 20.2 Å². The average molecular weight is 140 g/mol. The molecule has 2 saturated carbocycles. The summed E-state index contributed by atoms with van der Waals surface area (Å²) in [6.45, 7) is 0. The van der Waals surface area contributed by atoms with E-state index in [1.165, 1.54) is 32.1 Å². The van der Waals surface area contributed by atoms with Crippen LogP contribution >= 0.6 is 0 Å².